The fraction of sp³-hybridized carbons (Fsp3) is 0.0714. The minimum absolute atomic E-state index is 0.269. The number of nitrogens with one attached hydrogen (secondary N) is 1. The number of benzene rings is 2. The van der Waals surface area contributed by atoms with Gasteiger partial charge in [-0.2, -0.15) is 0 Å². The van der Waals surface area contributed by atoms with Crippen molar-refractivity contribution in [3.8, 4) is 0 Å². The van der Waals surface area contributed by atoms with Crippen molar-refractivity contribution in [2.45, 2.75) is 5.66 Å². The Balaban J connectivity index is 2.27. The molecule has 1 atom stereocenters. The average Bonchev–Trinajstić information content (AvgIpc) is 2.74. The summed E-state index contributed by atoms with van der Waals surface area (Å²) in [7, 11) is 0. The molecule has 1 aliphatic heterocycles. The SMILES string of the molecule is O=NC1(c2ccccc2)NC(=O)c2ccccc21. The summed E-state index contributed by atoms with van der Waals surface area (Å²) in [6, 6.07) is 16.1. The zero-order chi connectivity index (χ0) is 12.6. The number of amides is 1. The van der Waals surface area contributed by atoms with E-state index < -0.39 is 5.66 Å². The summed E-state index contributed by atoms with van der Waals surface area (Å²) in [5.74, 6) is -0.269. The van der Waals surface area contributed by atoms with Crippen molar-refractivity contribution >= 4 is 5.91 Å². The Hall–Kier alpha value is -2.49. The molecule has 0 aromatic heterocycles. The maximum atomic E-state index is 11.9. The molecular formula is C14H10N2O2. The van der Waals surface area contributed by atoms with Gasteiger partial charge in [-0.05, 0) is 11.2 Å². The van der Waals surface area contributed by atoms with Crippen molar-refractivity contribution in [3.63, 3.8) is 0 Å². The molecule has 4 nitrogen and oxygen atoms in total. The van der Waals surface area contributed by atoms with Crippen LogP contribution in [0.1, 0.15) is 21.5 Å². The average molecular weight is 238 g/mol. The van der Waals surface area contributed by atoms with Crippen molar-refractivity contribution < 1.29 is 4.79 Å². The van der Waals surface area contributed by atoms with Crippen LogP contribution < -0.4 is 5.32 Å². The lowest BCUT2D eigenvalue weighted by Crippen LogP contribution is -2.38. The van der Waals surface area contributed by atoms with Crippen LogP contribution in [0.2, 0.25) is 0 Å². The molecule has 18 heavy (non-hydrogen) atoms. The van der Waals surface area contributed by atoms with E-state index in [4.69, 9.17) is 0 Å². The number of nitrogens with zero attached hydrogens (tertiary/aromatic N) is 1. The molecule has 4 heteroatoms. The van der Waals surface area contributed by atoms with E-state index in [2.05, 4.69) is 10.5 Å². The van der Waals surface area contributed by atoms with Gasteiger partial charge in [0.05, 0.1) is 0 Å². The molecule has 88 valence electrons. The molecule has 0 fully saturated rings. The van der Waals surface area contributed by atoms with Crippen LogP contribution in [0.3, 0.4) is 0 Å². The van der Waals surface area contributed by atoms with Crippen molar-refractivity contribution in [2.75, 3.05) is 0 Å². The second-order valence-corrected chi connectivity index (χ2v) is 4.17. The predicted octanol–water partition coefficient (Wildman–Crippen LogP) is 2.40. The third kappa shape index (κ3) is 1.29. The van der Waals surface area contributed by atoms with Gasteiger partial charge >= 0.3 is 0 Å². The fourth-order valence-corrected chi connectivity index (χ4v) is 2.33. The van der Waals surface area contributed by atoms with Crippen molar-refractivity contribution in [2.24, 2.45) is 5.18 Å². The summed E-state index contributed by atoms with van der Waals surface area (Å²) in [6.45, 7) is 0. The van der Waals surface area contributed by atoms with E-state index in [1.807, 2.05) is 18.2 Å². The quantitative estimate of drug-likeness (QED) is 0.817. The third-order valence-electron chi connectivity index (χ3n) is 3.18. The molecule has 1 heterocycles. The summed E-state index contributed by atoms with van der Waals surface area (Å²) >= 11 is 0. The van der Waals surface area contributed by atoms with Crippen LogP contribution in [-0.2, 0) is 5.66 Å². The van der Waals surface area contributed by atoms with Crippen molar-refractivity contribution in [1.82, 2.24) is 5.32 Å². The van der Waals surface area contributed by atoms with Gasteiger partial charge in [-0.3, -0.25) is 4.79 Å². The van der Waals surface area contributed by atoms with Crippen LogP contribution in [0.15, 0.2) is 59.8 Å². The van der Waals surface area contributed by atoms with Crippen molar-refractivity contribution in [3.05, 3.63) is 76.2 Å². The largest absolute Gasteiger partial charge is 0.317 e. The molecule has 3 rings (SSSR count). The summed E-state index contributed by atoms with van der Waals surface area (Å²) in [5, 5.41) is 5.88. The summed E-state index contributed by atoms with van der Waals surface area (Å²) in [5.41, 5.74) is 0.477. The smallest absolute Gasteiger partial charge is 0.254 e. The van der Waals surface area contributed by atoms with Crippen molar-refractivity contribution in [1.29, 1.82) is 0 Å². The van der Waals surface area contributed by atoms with Crippen LogP contribution in [0.5, 0.6) is 0 Å². The Kier molecular flexibility index (Phi) is 2.23. The lowest BCUT2D eigenvalue weighted by Gasteiger charge is -2.22. The Morgan fingerprint density at radius 1 is 0.944 bits per heavy atom. The minimum atomic E-state index is -1.30. The van der Waals surface area contributed by atoms with Gasteiger partial charge in [0.2, 0.25) is 5.66 Å². The molecule has 0 aliphatic carbocycles. The molecule has 0 saturated heterocycles. The molecule has 2 aromatic rings. The number of fused-ring (bicyclic) bond motifs is 1. The van der Waals surface area contributed by atoms with E-state index >= 15 is 0 Å². The van der Waals surface area contributed by atoms with Gasteiger partial charge in [-0.1, -0.05) is 48.5 Å². The topological polar surface area (TPSA) is 58.5 Å². The number of hydrogen-bond donors (Lipinski definition) is 1. The number of rotatable bonds is 2. The molecule has 1 unspecified atom stereocenters. The molecular weight excluding hydrogens is 228 g/mol. The highest BCUT2D eigenvalue weighted by molar-refractivity contribution is 6.00. The first-order valence-corrected chi connectivity index (χ1v) is 5.60. The van der Waals surface area contributed by atoms with Gasteiger partial charge in [0, 0.05) is 16.7 Å². The number of nitroso groups, excluding NO2 is 1. The molecule has 1 amide bonds. The highest BCUT2D eigenvalue weighted by Crippen LogP contribution is 2.37. The van der Waals surface area contributed by atoms with E-state index in [-0.39, 0.29) is 5.91 Å². The Bertz CT molecular complexity index is 625. The minimum Gasteiger partial charge on any atom is -0.317 e. The maximum absolute atomic E-state index is 11.9. The van der Waals surface area contributed by atoms with Crippen LogP contribution in [0, 0.1) is 4.91 Å². The maximum Gasteiger partial charge on any atom is 0.254 e. The molecule has 0 bridgehead atoms. The van der Waals surface area contributed by atoms with Gasteiger partial charge in [0.15, 0.2) is 0 Å². The molecule has 0 radical (unpaired) electrons. The molecule has 1 N–H and O–H groups in total. The zero-order valence-corrected chi connectivity index (χ0v) is 9.46. The summed E-state index contributed by atoms with van der Waals surface area (Å²) in [4.78, 5) is 23.3. The zero-order valence-electron chi connectivity index (χ0n) is 9.46. The normalized spacial score (nSPS) is 21.2. The number of carbonyl (C=O) groups is 1. The van der Waals surface area contributed by atoms with Gasteiger partial charge in [-0.15, -0.1) is 4.91 Å². The first-order chi connectivity index (χ1) is 8.78. The molecule has 0 saturated carbocycles. The van der Waals surface area contributed by atoms with Gasteiger partial charge in [-0.25, -0.2) is 0 Å². The third-order valence-corrected chi connectivity index (χ3v) is 3.18. The highest BCUT2D eigenvalue weighted by atomic mass is 16.3. The van der Waals surface area contributed by atoms with Gasteiger partial charge in [0.25, 0.3) is 5.91 Å². The Morgan fingerprint density at radius 3 is 2.33 bits per heavy atom. The van der Waals surface area contributed by atoms with E-state index in [1.165, 1.54) is 0 Å². The second kappa shape index (κ2) is 3.77. The van der Waals surface area contributed by atoms with E-state index in [1.54, 1.807) is 36.4 Å². The van der Waals surface area contributed by atoms with E-state index in [0.717, 1.165) is 0 Å². The van der Waals surface area contributed by atoms with Crippen LogP contribution >= 0.6 is 0 Å². The Labute approximate surface area is 104 Å². The van der Waals surface area contributed by atoms with E-state index in [0.29, 0.717) is 16.7 Å². The van der Waals surface area contributed by atoms with Crippen LogP contribution in [0.4, 0.5) is 0 Å². The van der Waals surface area contributed by atoms with Gasteiger partial charge < -0.3 is 5.32 Å². The first-order valence-electron chi connectivity index (χ1n) is 5.60. The standard InChI is InChI=1S/C14H10N2O2/c17-13-11-8-4-5-9-12(11)14(15-13,16-18)10-6-2-1-3-7-10/h1-9H,(H,15,17). The second-order valence-electron chi connectivity index (χ2n) is 4.17. The van der Waals surface area contributed by atoms with Crippen LogP contribution in [-0.4, -0.2) is 5.91 Å². The van der Waals surface area contributed by atoms with E-state index in [9.17, 15) is 9.70 Å². The lowest BCUT2D eigenvalue weighted by molar-refractivity contribution is 0.0942. The molecule has 1 aliphatic rings. The lowest BCUT2D eigenvalue weighted by atomic mass is 9.92. The van der Waals surface area contributed by atoms with Gasteiger partial charge in [0.1, 0.15) is 0 Å². The number of hydrogen-bond acceptors (Lipinski definition) is 3. The molecule has 0 spiro atoms. The van der Waals surface area contributed by atoms with Crippen LogP contribution in [0.25, 0.3) is 0 Å². The monoisotopic (exact) mass is 238 g/mol. The molecule has 2 aromatic carbocycles. The predicted molar refractivity (Wildman–Crippen MR) is 66.9 cm³/mol. The fourth-order valence-electron chi connectivity index (χ4n) is 2.33. The highest BCUT2D eigenvalue weighted by Gasteiger charge is 2.45. The Morgan fingerprint density at radius 2 is 1.61 bits per heavy atom. The summed E-state index contributed by atoms with van der Waals surface area (Å²) < 4.78 is 0. The summed E-state index contributed by atoms with van der Waals surface area (Å²) in [6.07, 6.45) is 0. The number of carbonyl (C=O) groups excluding carboxylic acids is 1. The first kappa shape index (κ1) is 10.7.